The molecule has 2 amide bonds. The van der Waals surface area contributed by atoms with Crippen LogP contribution in [-0.4, -0.2) is 27.6 Å². The Hall–Kier alpha value is -3.41. The van der Waals surface area contributed by atoms with E-state index in [1.165, 1.54) is 0 Å². The summed E-state index contributed by atoms with van der Waals surface area (Å²) in [5.41, 5.74) is 4.93. The van der Waals surface area contributed by atoms with E-state index in [4.69, 9.17) is 0 Å². The van der Waals surface area contributed by atoms with Gasteiger partial charge in [0.2, 0.25) is 11.8 Å². The van der Waals surface area contributed by atoms with Crippen LogP contribution in [0.15, 0.2) is 60.7 Å². The molecule has 6 nitrogen and oxygen atoms in total. The smallest absolute Gasteiger partial charge is 0.243 e. The second-order valence-electron chi connectivity index (χ2n) is 8.61. The number of amides is 2. The molecule has 0 bridgehead atoms. The highest BCUT2D eigenvalue weighted by Crippen LogP contribution is 2.18. The largest absolute Gasteiger partial charge is 0.348 e. The molecule has 1 heterocycles. The number of aryl methyl sites for hydroxylation is 2. The third-order valence-electron chi connectivity index (χ3n) is 5.48. The Balaban J connectivity index is 1.63. The van der Waals surface area contributed by atoms with Crippen LogP contribution < -0.4 is 10.6 Å². The number of rotatable bonds is 8. The summed E-state index contributed by atoms with van der Waals surface area (Å²) in [6, 6.07) is 18.8. The molecular weight excluding hydrogens is 400 g/mol. The molecule has 168 valence electrons. The maximum absolute atomic E-state index is 13.0. The van der Waals surface area contributed by atoms with Gasteiger partial charge in [-0.05, 0) is 56.0 Å². The van der Waals surface area contributed by atoms with Crippen LogP contribution >= 0.6 is 0 Å². The fourth-order valence-electron chi connectivity index (χ4n) is 3.72. The first kappa shape index (κ1) is 23.3. The van der Waals surface area contributed by atoms with Gasteiger partial charge in [-0.15, -0.1) is 0 Å². The van der Waals surface area contributed by atoms with Gasteiger partial charge in [0.1, 0.15) is 6.04 Å². The monoisotopic (exact) mass is 432 g/mol. The van der Waals surface area contributed by atoms with Crippen molar-refractivity contribution in [2.24, 2.45) is 5.92 Å². The zero-order valence-electron chi connectivity index (χ0n) is 19.4. The van der Waals surface area contributed by atoms with Gasteiger partial charge in [-0.2, -0.15) is 5.10 Å². The molecule has 3 aromatic rings. The molecule has 2 unspecified atom stereocenters. The molecule has 0 fully saturated rings. The van der Waals surface area contributed by atoms with E-state index in [1.807, 2.05) is 100.0 Å². The minimum Gasteiger partial charge on any atom is -0.348 e. The molecule has 0 radical (unpaired) electrons. The molecule has 2 N–H and O–H groups in total. The minimum atomic E-state index is -0.595. The van der Waals surface area contributed by atoms with Gasteiger partial charge in [0, 0.05) is 5.69 Å². The van der Waals surface area contributed by atoms with E-state index in [2.05, 4.69) is 15.7 Å². The molecule has 32 heavy (non-hydrogen) atoms. The first-order valence-electron chi connectivity index (χ1n) is 11.0. The van der Waals surface area contributed by atoms with Crippen molar-refractivity contribution in [2.45, 2.75) is 53.1 Å². The molecule has 6 heteroatoms. The second-order valence-corrected chi connectivity index (χ2v) is 8.61. The van der Waals surface area contributed by atoms with E-state index in [1.54, 1.807) is 0 Å². The summed E-state index contributed by atoms with van der Waals surface area (Å²) in [6.45, 7) is 9.80. The van der Waals surface area contributed by atoms with E-state index in [-0.39, 0.29) is 30.2 Å². The van der Waals surface area contributed by atoms with Crippen LogP contribution in [-0.2, 0) is 16.0 Å². The summed E-state index contributed by atoms with van der Waals surface area (Å²) >= 11 is 0. The lowest BCUT2D eigenvalue weighted by Gasteiger charge is -2.24. The van der Waals surface area contributed by atoms with Crippen molar-refractivity contribution >= 4 is 11.8 Å². The second kappa shape index (κ2) is 10.3. The average Bonchev–Trinajstić information content (AvgIpc) is 3.10. The Morgan fingerprint density at radius 2 is 1.59 bits per heavy atom. The van der Waals surface area contributed by atoms with Gasteiger partial charge < -0.3 is 10.6 Å². The van der Waals surface area contributed by atoms with Gasteiger partial charge >= 0.3 is 0 Å². The molecular formula is C26H32N4O2. The Morgan fingerprint density at radius 1 is 0.938 bits per heavy atom. The zero-order chi connectivity index (χ0) is 23.3. The Morgan fingerprint density at radius 3 is 2.16 bits per heavy atom. The van der Waals surface area contributed by atoms with Crippen molar-refractivity contribution in [1.29, 1.82) is 0 Å². The number of nitrogens with one attached hydrogen (secondary N) is 2. The predicted octanol–water partition coefficient (Wildman–Crippen LogP) is 4.05. The van der Waals surface area contributed by atoms with Crippen LogP contribution in [0.5, 0.6) is 0 Å². The number of aromatic nitrogens is 2. The standard InChI is InChI=1S/C26H32N4O2/c1-17(2)25(28-24(31)16-21-9-7-6-8-10-21)26(32)27-20(5)22-11-13-23(14-12-22)30-19(4)15-18(3)29-30/h6-15,17,20,25H,16H2,1-5H3,(H,27,32)(H,28,31). The summed E-state index contributed by atoms with van der Waals surface area (Å²) in [5, 5.41) is 10.5. The first-order chi connectivity index (χ1) is 15.2. The average molecular weight is 433 g/mol. The maximum atomic E-state index is 13.0. The molecule has 1 aromatic heterocycles. The fraction of sp³-hybridized carbons (Fsp3) is 0.346. The molecule has 0 aliphatic rings. The highest BCUT2D eigenvalue weighted by atomic mass is 16.2. The lowest BCUT2D eigenvalue weighted by atomic mass is 10.0. The Labute approximate surface area is 190 Å². The van der Waals surface area contributed by atoms with Crippen molar-refractivity contribution in [3.8, 4) is 5.69 Å². The zero-order valence-corrected chi connectivity index (χ0v) is 19.4. The molecule has 0 aliphatic carbocycles. The van der Waals surface area contributed by atoms with Gasteiger partial charge in [-0.3, -0.25) is 9.59 Å². The van der Waals surface area contributed by atoms with Crippen LogP contribution in [0, 0.1) is 19.8 Å². The fourth-order valence-corrected chi connectivity index (χ4v) is 3.72. The van der Waals surface area contributed by atoms with Crippen LogP contribution in [0.4, 0.5) is 0 Å². The van der Waals surface area contributed by atoms with E-state index in [9.17, 15) is 9.59 Å². The highest BCUT2D eigenvalue weighted by molar-refractivity contribution is 5.88. The van der Waals surface area contributed by atoms with Gasteiger partial charge in [0.05, 0.1) is 23.8 Å². The molecule has 0 aliphatic heterocycles. The number of carbonyl (C=O) groups is 2. The van der Waals surface area contributed by atoms with Gasteiger partial charge in [-0.25, -0.2) is 4.68 Å². The molecule has 3 rings (SSSR count). The van der Waals surface area contributed by atoms with Crippen molar-refractivity contribution in [1.82, 2.24) is 20.4 Å². The summed E-state index contributed by atoms with van der Waals surface area (Å²) in [6.07, 6.45) is 0.251. The quantitative estimate of drug-likeness (QED) is 0.564. The summed E-state index contributed by atoms with van der Waals surface area (Å²) in [5.74, 6) is -0.376. The number of hydrogen-bond donors (Lipinski definition) is 2. The topological polar surface area (TPSA) is 76.0 Å². The van der Waals surface area contributed by atoms with E-state index >= 15 is 0 Å². The van der Waals surface area contributed by atoms with Crippen LogP contribution in [0.25, 0.3) is 5.69 Å². The normalized spacial score (nSPS) is 12.9. The molecule has 0 spiro atoms. The summed E-state index contributed by atoms with van der Waals surface area (Å²) < 4.78 is 1.90. The van der Waals surface area contributed by atoms with Crippen LogP contribution in [0.2, 0.25) is 0 Å². The highest BCUT2D eigenvalue weighted by Gasteiger charge is 2.25. The summed E-state index contributed by atoms with van der Waals surface area (Å²) in [7, 11) is 0. The van der Waals surface area contributed by atoms with Gasteiger partial charge in [0.25, 0.3) is 0 Å². The third-order valence-corrected chi connectivity index (χ3v) is 5.48. The van der Waals surface area contributed by atoms with Gasteiger partial charge in [-0.1, -0.05) is 56.3 Å². The molecule has 0 saturated heterocycles. The minimum absolute atomic E-state index is 0.0321. The van der Waals surface area contributed by atoms with Crippen molar-refractivity contribution in [3.05, 3.63) is 83.2 Å². The van der Waals surface area contributed by atoms with Crippen LogP contribution in [0.3, 0.4) is 0 Å². The Kier molecular flexibility index (Phi) is 7.46. The van der Waals surface area contributed by atoms with E-state index < -0.39 is 6.04 Å². The summed E-state index contributed by atoms with van der Waals surface area (Å²) in [4.78, 5) is 25.4. The van der Waals surface area contributed by atoms with Gasteiger partial charge in [0.15, 0.2) is 0 Å². The molecule has 2 atom stereocenters. The van der Waals surface area contributed by atoms with Crippen LogP contribution in [0.1, 0.15) is 49.3 Å². The predicted molar refractivity (Wildman–Crippen MR) is 127 cm³/mol. The SMILES string of the molecule is Cc1cc(C)n(-c2ccc(C(C)NC(=O)C(NC(=O)Cc3ccccc3)C(C)C)cc2)n1. The maximum Gasteiger partial charge on any atom is 0.243 e. The Bertz CT molecular complexity index is 1060. The molecule has 0 saturated carbocycles. The van der Waals surface area contributed by atoms with Crippen molar-refractivity contribution in [3.63, 3.8) is 0 Å². The van der Waals surface area contributed by atoms with E-state index in [0.717, 1.165) is 28.2 Å². The van der Waals surface area contributed by atoms with Crippen molar-refractivity contribution < 1.29 is 9.59 Å². The lowest BCUT2D eigenvalue weighted by Crippen LogP contribution is -2.50. The number of benzene rings is 2. The molecule has 2 aromatic carbocycles. The lowest BCUT2D eigenvalue weighted by molar-refractivity contribution is -0.130. The number of carbonyl (C=O) groups excluding carboxylic acids is 2. The van der Waals surface area contributed by atoms with Crippen molar-refractivity contribution in [2.75, 3.05) is 0 Å². The van der Waals surface area contributed by atoms with E-state index in [0.29, 0.717) is 0 Å². The third kappa shape index (κ3) is 5.84. The number of hydrogen-bond acceptors (Lipinski definition) is 3. The first-order valence-corrected chi connectivity index (χ1v) is 11.0. The number of nitrogens with zero attached hydrogens (tertiary/aromatic N) is 2.